The molecule has 1 aliphatic rings. The average Bonchev–Trinajstić information content (AvgIpc) is 3.14. The smallest absolute Gasteiger partial charge is 0.227 e. The van der Waals surface area contributed by atoms with Crippen LogP contribution in [0.4, 0.5) is 0 Å². The van der Waals surface area contributed by atoms with Gasteiger partial charge in [0.25, 0.3) is 0 Å². The van der Waals surface area contributed by atoms with Crippen LogP contribution in [-0.4, -0.2) is 56.9 Å². The molecule has 7 nitrogen and oxygen atoms in total. The van der Waals surface area contributed by atoms with E-state index in [9.17, 15) is 9.59 Å². The highest BCUT2D eigenvalue weighted by Crippen LogP contribution is 2.20. The van der Waals surface area contributed by atoms with Crippen LogP contribution in [0.15, 0.2) is 30.5 Å². The van der Waals surface area contributed by atoms with Gasteiger partial charge in [0, 0.05) is 44.9 Å². The Morgan fingerprint density at radius 2 is 2.18 bits per heavy atom. The van der Waals surface area contributed by atoms with E-state index in [-0.39, 0.29) is 17.7 Å². The number of piperidine rings is 1. The number of nitrogens with zero attached hydrogens (tertiary/aromatic N) is 4. The van der Waals surface area contributed by atoms with Gasteiger partial charge in [0.2, 0.25) is 11.8 Å². The van der Waals surface area contributed by atoms with Crippen LogP contribution in [0.5, 0.6) is 0 Å². The summed E-state index contributed by atoms with van der Waals surface area (Å²) in [5.74, 6) is 0.0619. The number of aromatic nitrogens is 3. The standard InChI is InChI=1S/C21H29N5O2/c1-3-6-18-13-19(24-23-18)15-25(2)21(28)16-8-9-20(27)26(14-16)12-10-17-7-4-5-11-22-17/h4-5,7,11,13,16H,3,6,8-10,12,14-15H2,1-2H3,(H,23,24). The van der Waals surface area contributed by atoms with Crippen LogP contribution in [0.2, 0.25) is 0 Å². The second kappa shape index (κ2) is 9.48. The van der Waals surface area contributed by atoms with E-state index in [0.29, 0.717) is 38.9 Å². The monoisotopic (exact) mass is 383 g/mol. The highest BCUT2D eigenvalue weighted by Gasteiger charge is 2.31. The largest absolute Gasteiger partial charge is 0.342 e. The van der Waals surface area contributed by atoms with Crippen LogP contribution in [0, 0.1) is 5.92 Å². The Hall–Kier alpha value is -2.70. The lowest BCUT2D eigenvalue weighted by atomic mass is 9.95. The summed E-state index contributed by atoms with van der Waals surface area (Å²) < 4.78 is 0. The number of rotatable bonds is 8. The van der Waals surface area contributed by atoms with Gasteiger partial charge in [-0.15, -0.1) is 0 Å². The van der Waals surface area contributed by atoms with E-state index >= 15 is 0 Å². The number of hydrogen-bond acceptors (Lipinski definition) is 4. The number of H-pyrrole nitrogens is 1. The van der Waals surface area contributed by atoms with Gasteiger partial charge in [-0.2, -0.15) is 5.10 Å². The summed E-state index contributed by atoms with van der Waals surface area (Å²) >= 11 is 0. The average molecular weight is 383 g/mol. The Kier molecular flexibility index (Phi) is 6.79. The highest BCUT2D eigenvalue weighted by molar-refractivity contribution is 5.83. The molecule has 2 aromatic rings. The molecular formula is C21H29N5O2. The van der Waals surface area contributed by atoms with Crippen molar-refractivity contribution in [1.82, 2.24) is 25.0 Å². The molecule has 3 rings (SSSR count). The molecule has 1 saturated heterocycles. The molecule has 1 N–H and O–H groups in total. The number of amides is 2. The third kappa shape index (κ3) is 5.18. The lowest BCUT2D eigenvalue weighted by molar-refractivity contribution is -0.142. The van der Waals surface area contributed by atoms with E-state index in [0.717, 1.165) is 29.9 Å². The number of nitrogens with one attached hydrogen (secondary N) is 1. The van der Waals surface area contributed by atoms with Gasteiger partial charge in [0.1, 0.15) is 0 Å². The number of likely N-dealkylation sites (tertiary alicyclic amines) is 1. The molecule has 1 atom stereocenters. The molecule has 2 amide bonds. The molecule has 0 bridgehead atoms. The summed E-state index contributed by atoms with van der Waals surface area (Å²) in [5.41, 5.74) is 2.93. The van der Waals surface area contributed by atoms with Crippen molar-refractivity contribution >= 4 is 11.8 Å². The summed E-state index contributed by atoms with van der Waals surface area (Å²) in [5, 5.41) is 7.30. The zero-order valence-electron chi connectivity index (χ0n) is 16.7. The SMILES string of the molecule is CCCc1cc(CN(C)C(=O)C2CCC(=O)N(CCc3ccccn3)C2)[nH]n1. The lowest BCUT2D eigenvalue weighted by Gasteiger charge is -2.33. The highest BCUT2D eigenvalue weighted by atomic mass is 16.2. The van der Waals surface area contributed by atoms with Gasteiger partial charge < -0.3 is 9.80 Å². The maximum atomic E-state index is 12.9. The maximum Gasteiger partial charge on any atom is 0.227 e. The Bertz CT molecular complexity index is 789. The third-order valence-electron chi connectivity index (χ3n) is 5.19. The van der Waals surface area contributed by atoms with Gasteiger partial charge in [-0.1, -0.05) is 19.4 Å². The molecule has 0 spiro atoms. The number of hydrogen-bond donors (Lipinski definition) is 1. The topological polar surface area (TPSA) is 82.2 Å². The summed E-state index contributed by atoms with van der Waals surface area (Å²) in [4.78, 5) is 33.0. The Labute approximate surface area is 166 Å². The Morgan fingerprint density at radius 1 is 1.32 bits per heavy atom. The minimum absolute atomic E-state index is 0.0852. The van der Waals surface area contributed by atoms with Gasteiger partial charge in [-0.05, 0) is 31.0 Å². The van der Waals surface area contributed by atoms with Gasteiger partial charge in [-0.3, -0.25) is 19.7 Å². The van der Waals surface area contributed by atoms with Crippen LogP contribution in [0.25, 0.3) is 0 Å². The van der Waals surface area contributed by atoms with E-state index in [1.165, 1.54) is 0 Å². The van der Waals surface area contributed by atoms with E-state index in [2.05, 4.69) is 22.1 Å². The first kappa shape index (κ1) is 20.0. The van der Waals surface area contributed by atoms with E-state index in [1.807, 2.05) is 36.2 Å². The summed E-state index contributed by atoms with van der Waals surface area (Å²) in [6.45, 7) is 3.71. The molecule has 7 heteroatoms. The van der Waals surface area contributed by atoms with Gasteiger partial charge in [0.05, 0.1) is 23.9 Å². The van der Waals surface area contributed by atoms with Crippen molar-refractivity contribution in [3.8, 4) is 0 Å². The maximum absolute atomic E-state index is 12.9. The van der Waals surface area contributed by atoms with Crippen molar-refractivity contribution in [2.75, 3.05) is 20.1 Å². The first-order valence-electron chi connectivity index (χ1n) is 10.0. The molecule has 150 valence electrons. The van der Waals surface area contributed by atoms with Crippen LogP contribution in [-0.2, 0) is 29.0 Å². The molecule has 3 heterocycles. The van der Waals surface area contributed by atoms with Gasteiger partial charge >= 0.3 is 0 Å². The summed E-state index contributed by atoms with van der Waals surface area (Å²) in [7, 11) is 1.82. The first-order valence-corrected chi connectivity index (χ1v) is 10.0. The lowest BCUT2D eigenvalue weighted by Crippen LogP contribution is -2.46. The number of carbonyl (C=O) groups is 2. The molecule has 1 fully saturated rings. The molecule has 28 heavy (non-hydrogen) atoms. The van der Waals surface area contributed by atoms with E-state index in [1.54, 1.807) is 11.1 Å². The fraction of sp³-hybridized carbons (Fsp3) is 0.524. The molecular weight excluding hydrogens is 354 g/mol. The minimum Gasteiger partial charge on any atom is -0.342 e. The fourth-order valence-electron chi connectivity index (χ4n) is 3.65. The van der Waals surface area contributed by atoms with Crippen LogP contribution in [0.1, 0.15) is 43.3 Å². The normalized spacial score (nSPS) is 17.0. The van der Waals surface area contributed by atoms with Crippen molar-refractivity contribution in [2.24, 2.45) is 5.92 Å². The number of aryl methyl sites for hydroxylation is 1. The second-order valence-corrected chi connectivity index (χ2v) is 7.48. The van der Waals surface area contributed by atoms with Crippen molar-refractivity contribution in [3.05, 3.63) is 47.5 Å². The molecule has 0 aliphatic carbocycles. The van der Waals surface area contributed by atoms with Crippen LogP contribution >= 0.6 is 0 Å². The van der Waals surface area contributed by atoms with Crippen LogP contribution in [0.3, 0.4) is 0 Å². The summed E-state index contributed by atoms with van der Waals surface area (Å²) in [6, 6.07) is 7.81. The molecule has 1 aliphatic heterocycles. The predicted octanol–water partition coefficient (Wildman–Crippen LogP) is 2.20. The Balaban J connectivity index is 1.54. The van der Waals surface area contributed by atoms with Crippen LogP contribution < -0.4 is 0 Å². The van der Waals surface area contributed by atoms with Crippen molar-refractivity contribution in [2.45, 2.75) is 45.6 Å². The molecule has 1 unspecified atom stereocenters. The second-order valence-electron chi connectivity index (χ2n) is 7.48. The van der Waals surface area contributed by atoms with E-state index < -0.39 is 0 Å². The van der Waals surface area contributed by atoms with E-state index in [4.69, 9.17) is 0 Å². The minimum atomic E-state index is -0.149. The predicted molar refractivity (Wildman–Crippen MR) is 106 cm³/mol. The number of carbonyl (C=O) groups excluding carboxylic acids is 2. The van der Waals surface area contributed by atoms with Crippen molar-refractivity contribution < 1.29 is 9.59 Å². The number of aromatic amines is 1. The molecule has 0 aromatic carbocycles. The van der Waals surface area contributed by atoms with Crippen molar-refractivity contribution in [3.63, 3.8) is 0 Å². The molecule has 0 radical (unpaired) electrons. The number of pyridine rings is 1. The van der Waals surface area contributed by atoms with Gasteiger partial charge in [0.15, 0.2) is 0 Å². The first-order chi connectivity index (χ1) is 13.6. The molecule has 0 saturated carbocycles. The zero-order chi connectivity index (χ0) is 19.9. The quantitative estimate of drug-likeness (QED) is 0.758. The Morgan fingerprint density at radius 3 is 2.93 bits per heavy atom. The molecule has 2 aromatic heterocycles. The van der Waals surface area contributed by atoms with Gasteiger partial charge in [-0.25, -0.2) is 0 Å². The fourth-order valence-corrected chi connectivity index (χ4v) is 3.65. The van der Waals surface area contributed by atoms with Crippen molar-refractivity contribution in [1.29, 1.82) is 0 Å². The third-order valence-corrected chi connectivity index (χ3v) is 5.19. The summed E-state index contributed by atoms with van der Waals surface area (Å²) in [6.07, 6.45) is 5.49. The zero-order valence-corrected chi connectivity index (χ0v) is 16.7.